The standard InChI is InChI=1S/C11H11FO3/c1-7(4-5-13)10-8(12)2-3-9-11(10)15-6-14-9/h2-3,5,7H,4,6H2,1H3. The van der Waals surface area contributed by atoms with Crippen LogP contribution in [0.5, 0.6) is 11.5 Å². The number of hydrogen-bond donors (Lipinski definition) is 0. The van der Waals surface area contributed by atoms with Gasteiger partial charge in [-0.2, -0.15) is 0 Å². The van der Waals surface area contributed by atoms with Crippen molar-refractivity contribution in [2.45, 2.75) is 19.3 Å². The van der Waals surface area contributed by atoms with Crippen molar-refractivity contribution in [1.82, 2.24) is 0 Å². The predicted molar refractivity (Wildman–Crippen MR) is 51.6 cm³/mol. The van der Waals surface area contributed by atoms with Crippen molar-refractivity contribution in [3.05, 3.63) is 23.5 Å². The monoisotopic (exact) mass is 210 g/mol. The summed E-state index contributed by atoms with van der Waals surface area (Å²) >= 11 is 0. The molecule has 0 aromatic heterocycles. The molecule has 0 N–H and O–H groups in total. The highest BCUT2D eigenvalue weighted by molar-refractivity contribution is 5.55. The zero-order valence-corrected chi connectivity index (χ0v) is 8.33. The normalized spacial score (nSPS) is 15.1. The second-order valence-electron chi connectivity index (χ2n) is 3.50. The van der Waals surface area contributed by atoms with Gasteiger partial charge in [0.15, 0.2) is 11.5 Å². The van der Waals surface area contributed by atoms with Gasteiger partial charge in [-0.3, -0.25) is 0 Å². The van der Waals surface area contributed by atoms with Crippen LogP contribution in [-0.2, 0) is 4.79 Å². The molecule has 0 aliphatic carbocycles. The van der Waals surface area contributed by atoms with Crippen molar-refractivity contribution in [2.24, 2.45) is 0 Å². The summed E-state index contributed by atoms with van der Waals surface area (Å²) in [4.78, 5) is 10.4. The van der Waals surface area contributed by atoms with Gasteiger partial charge in [-0.05, 0) is 18.1 Å². The molecular weight excluding hydrogens is 199 g/mol. The van der Waals surface area contributed by atoms with E-state index in [4.69, 9.17) is 9.47 Å². The van der Waals surface area contributed by atoms with Crippen LogP contribution < -0.4 is 9.47 Å². The number of rotatable bonds is 3. The second-order valence-corrected chi connectivity index (χ2v) is 3.50. The largest absolute Gasteiger partial charge is 0.454 e. The highest BCUT2D eigenvalue weighted by Crippen LogP contribution is 2.41. The van der Waals surface area contributed by atoms with Gasteiger partial charge >= 0.3 is 0 Å². The first kappa shape index (κ1) is 9.96. The molecule has 1 aromatic carbocycles. The van der Waals surface area contributed by atoms with Gasteiger partial charge < -0.3 is 14.3 Å². The average Bonchev–Trinajstić information content (AvgIpc) is 2.65. The van der Waals surface area contributed by atoms with E-state index in [1.54, 1.807) is 6.92 Å². The lowest BCUT2D eigenvalue weighted by Gasteiger charge is -2.12. The zero-order valence-electron chi connectivity index (χ0n) is 8.33. The number of hydrogen-bond acceptors (Lipinski definition) is 3. The molecule has 1 heterocycles. The van der Waals surface area contributed by atoms with Gasteiger partial charge in [-0.15, -0.1) is 0 Å². The summed E-state index contributed by atoms with van der Waals surface area (Å²) in [5.41, 5.74) is 0.428. The van der Waals surface area contributed by atoms with E-state index < -0.39 is 0 Å². The van der Waals surface area contributed by atoms with Gasteiger partial charge in [0, 0.05) is 12.0 Å². The number of carbonyl (C=O) groups excluding carboxylic acids is 1. The average molecular weight is 210 g/mol. The Balaban J connectivity index is 2.44. The quantitative estimate of drug-likeness (QED) is 0.718. The topological polar surface area (TPSA) is 35.5 Å². The first-order chi connectivity index (χ1) is 7.24. The summed E-state index contributed by atoms with van der Waals surface area (Å²) in [6, 6.07) is 2.87. The molecule has 0 amide bonds. The molecule has 3 nitrogen and oxygen atoms in total. The number of aldehydes is 1. The molecule has 0 fully saturated rings. The van der Waals surface area contributed by atoms with Crippen LogP contribution in [0, 0.1) is 5.82 Å². The Morgan fingerprint density at radius 3 is 3.07 bits per heavy atom. The Bertz CT molecular complexity index is 390. The van der Waals surface area contributed by atoms with E-state index >= 15 is 0 Å². The molecular formula is C11H11FO3. The van der Waals surface area contributed by atoms with Crippen LogP contribution in [0.25, 0.3) is 0 Å². The maximum absolute atomic E-state index is 13.6. The fourth-order valence-corrected chi connectivity index (χ4v) is 1.69. The lowest BCUT2D eigenvalue weighted by molar-refractivity contribution is -0.108. The van der Waals surface area contributed by atoms with Crippen molar-refractivity contribution in [3.8, 4) is 11.5 Å². The van der Waals surface area contributed by atoms with Crippen molar-refractivity contribution < 1.29 is 18.7 Å². The van der Waals surface area contributed by atoms with E-state index in [0.717, 1.165) is 6.29 Å². The van der Waals surface area contributed by atoms with Crippen molar-refractivity contribution >= 4 is 6.29 Å². The van der Waals surface area contributed by atoms with Gasteiger partial charge in [0.25, 0.3) is 0 Å². The molecule has 0 spiro atoms. The van der Waals surface area contributed by atoms with Crippen LogP contribution in [0.3, 0.4) is 0 Å². The minimum atomic E-state index is -0.353. The van der Waals surface area contributed by atoms with Gasteiger partial charge in [-0.1, -0.05) is 6.92 Å². The minimum Gasteiger partial charge on any atom is -0.454 e. The zero-order chi connectivity index (χ0) is 10.8. The Morgan fingerprint density at radius 2 is 2.33 bits per heavy atom. The number of fused-ring (bicyclic) bond motifs is 1. The third-order valence-corrected chi connectivity index (χ3v) is 2.47. The molecule has 15 heavy (non-hydrogen) atoms. The Kier molecular flexibility index (Phi) is 2.58. The summed E-state index contributed by atoms with van der Waals surface area (Å²) < 4.78 is 23.9. The van der Waals surface area contributed by atoms with Crippen LogP contribution in [0.2, 0.25) is 0 Å². The van der Waals surface area contributed by atoms with E-state index in [1.165, 1.54) is 12.1 Å². The van der Waals surface area contributed by atoms with Gasteiger partial charge in [0.05, 0.1) is 0 Å². The molecule has 1 unspecified atom stereocenters. The van der Waals surface area contributed by atoms with E-state index in [-0.39, 0.29) is 24.9 Å². The molecule has 4 heteroatoms. The maximum atomic E-state index is 13.6. The Labute approximate surface area is 86.8 Å². The molecule has 1 atom stereocenters. The molecule has 2 rings (SSSR count). The fourth-order valence-electron chi connectivity index (χ4n) is 1.69. The van der Waals surface area contributed by atoms with Crippen LogP contribution in [-0.4, -0.2) is 13.1 Å². The summed E-state index contributed by atoms with van der Waals surface area (Å²) in [5, 5.41) is 0. The number of ether oxygens (including phenoxy) is 2. The summed E-state index contributed by atoms with van der Waals surface area (Å²) in [5.74, 6) is 0.432. The molecule has 0 saturated carbocycles. The van der Waals surface area contributed by atoms with Crippen molar-refractivity contribution in [2.75, 3.05) is 6.79 Å². The van der Waals surface area contributed by atoms with Crippen LogP contribution in [0.4, 0.5) is 4.39 Å². The first-order valence-electron chi connectivity index (χ1n) is 4.75. The molecule has 1 aromatic rings. The smallest absolute Gasteiger partial charge is 0.231 e. The third-order valence-electron chi connectivity index (χ3n) is 2.47. The summed E-state index contributed by atoms with van der Waals surface area (Å²) in [6.45, 7) is 1.90. The van der Waals surface area contributed by atoms with E-state index in [9.17, 15) is 9.18 Å². The number of carbonyl (C=O) groups is 1. The van der Waals surface area contributed by atoms with Crippen molar-refractivity contribution in [1.29, 1.82) is 0 Å². The Morgan fingerprint density at radius 1 is 1.53 bits per heavy atom. The lowest BCUT2D eigenvalue weighted by Crippen LogP contribution is -2.01. The summed E-state index contributed by atoms with van der Waals surface area (Å²) in [7, 11) is 0. The van der Waals surface area contributed by atoms with Crippen LogP contribution in [0.1, 0.15) is 24.8 Å². The number of halogens is 1. The molecule has 1 aliphatic heterocycles. The maximum Gasteiger partial charge on any atom is 0.231 e. The van der Waals surface area contributed by atoms with Crippen molar-refractivity contribution in [3.63, 3.8) is 0 Å². The van der Waals surface area contributed by atoms with Crippen LogP contribution in [0.15, 0.2) is 12.1 Å². The molecule has 0 bridgehead atoms. The van der Waals surface area contributed by atoms with Crippen LogP contribution >= 0.6 is 0 Å². The predicted octanol–water partition coefficient (Wildman–Crippen LogP) is 2.25. The molecule has 0 radical (unpaired) electrons. The third kappa shape index (κ3) is 1.67. The highest BCUT2D eigenvalue weighted by atomic mass is 19.1. The fraction of sp³-hybridized carbons (Fsp3) is 0.364. The minimum absolute atomic E-state index is 0.111. The Hall–Kier alpha value is -1.58. The summed E-state index contributed by atoms with van der Waals surface area (Å²) in [6.07, 6.45) is 1.05. The molecule has 80 valence electrons. The van der Waals surface area contributed by atoms with E-state index in [2.05, 4.69) is 0 Å². The molecule has 0 saturated heterocycles. The van der Waals surface area contributed by atoms with Gasteiger partial charge in [0.1, 0.15) is 12.1 Å². The van der Waals surface area contributed by atoms with Gasteiger partial charge in [-0.25, -0.2) is 4.39 Å². The molecule has 1 aliphatic rings. The first-order valence-corrected chi connectivity index (χ1v) is 4.75. The van der Waals surface area contributed by atoms with E-state index in [1.807, 2.05) is 0 Å². The van der Waals surface area contributed by atoms with E-state index in [0.29, 0.717) is 17.1 Å². The SMILES string of the molecule is CC(CC=O)c1c(F)ccc2c1OCO2. The highest BCUT2D eigenvalue weighted by Gasteiger charge is 2.24. The van der Waals surface area contributed by atoms with Gasteiger partial charge in [0.2, 0.25) is 6.79 Å². The lowest BCUT2D eigenvalue weighted by atomic mass is 9.96. The second kappa shape index (κ2) is 3.88. The number of benzene rings is 1.